The van der Waals surface area contributed by atoms with Crippen molar-refractivity contribution in [2.45, 2.75) is 58.9 Å². The number of unbranched alkanes of at least 4 members (excludes halogenated alkanes) is 1. The predicted octanol–water partition coefficient (Wildman–Crippen LogP) is 1.58. The van der Waals surface area contributed by atoms with E-state index in [9.17, 15) is 4.79 Å². The fourth-order valence-electron chi connectivity index (χ4n) is 2.80. The lowest BCUT2D eigenvalue weighted by Crippen LogP contribution is -2.48. The third kappa shape index (κ3) is 9.75. The number of piperidine rings is 1. The van der Waals surface area contributed by atoms with Crippen LogP contribution in [0.1, 0.15) is 53.4 Å². The van der Waals surface area contributed by atoms with Crippen LogP contribution < -0.4 is 16.0 Å². The fraction of sp³-hybridized carbons (Fsp3) is 0.889. The van der Waals surface area contributed by atoms with Crippen LogP contribution in [-0.4, -0.2) is 62.1 Å². The Morgan fingerprint density at radius 1 is 1.17 bits per heavy atom. The molecule has 24 heavy (non-hydrogen) atoms. The lowest BCUT2D eigenvalue weighted by Gasteiger charge is -2.30. The second-order valence-electron chi connectivity index (χ2n) is 7.88. The average Bonchev–Trinajstić information content (AvgIpc) is 2.50. The van der Waals surface area contributed by atoms with Crippen molar-refractivity contribution in [2.24, 2.45) is 10.9 Å². The van der Waals surface area contributed by atoms with Crippen LogP contribution in [0.4, 0.5) is 0 Å². The number of likely N-dealkylation sites (tertiary alicyclic amines) is 1. The fourth-order valence-corrected chi connectivity index (χ4v) is 2.80. The van der Waals surface area contributed by atoms with Crippen molar-refractivity contribution in [2.75, 3.05) is 39.8 Å². The topological polar surface area (TPSA) is 68.8 Å². The Balaban J connectivity index is 2.08. The third-order valence-corrected chi connectivity index (χ3v) is 4.22. The molecule has 6 nitrogen and oxygen atoms in total. The Labute approximate surface area is 147 Å². The second kappa shape index (κ2) is 10.5. The number of carbonyl (C=O) groups excluding carboxylic acids is 1. The van der Waals surface area contributed by atoms with Gasteiger partial charge in [-0.05, 0) is 72.0 Å². The first-order valence-electron chi connectivity index (χ1n) is 9.28. The van der Waals surface area contributed by atoms with E-state index in [4.69, 9.17) is 0 Å². The first kappa shape index (κ1) is 20.7. The van der Waals surface area contributed by atoms with Gasteiger partial charge in [0.1, 0.15) is 0 Å². The van der Waals surface area contributed by atoms with E-state index in [0.29, 0.717) is 5.96 Å². The summed E-state index contributed by atoms with van der Waals surface area (Å²) in [5, 5.41) is 9.25. The lowest BCUT2D eigenvalue weighted by molar-refractivity contribution is -0.121. The van der Waals surface area contributed by atoms with Crippen molar-refractivity contribution in [3.63, 3.8) is 0 Å². The molecule has 0 radical (unpaired) electrons. The van der Waals surface area contributed by atoms with Gasteiger partial charge in [0.15, 0.2) is 5.96 Å². The Hall–Kier alpha value is -1.30. The smallest absolute Gasteiger partial charge is 0.239 e. The summed E-state index contributed by atoms with van der Waals surface area (Å²) in [6.45, 7) is 13.1. The van der Waals surface area contributed by atoms with Gasteiger partial charge in [0.25, 0.3) is 0 Å². The summed E-state index contributed by atoms with van der Waals surface area (Å²) in [4.78, 5) is 18.5. The van der Waals surface area contributed by atoms with Gasteiger partial charge in [-0.1, -0.05) is 6.92 Å². The molecular formula is C18H37N5O. The number of carbonyl (C=O) groups is 1. The molecule has 1 aliphatic heterocycles. The highest BCUT2D eigenvalue weighted by molar-refractivity contribution is 5.86. The SMILES string of the molecule is CN=C(NCCCCN1CCC(C)CC1)NCC(=O)NC(C)(C)C. The number of nitrogens with zero attached hydrogens (tertiary/aromatic N) is 2. The van der Waals surface area contributed by atoms with Gasteiger partial charge in [-0.3, -0.25) is 9.79 Å². The zero-order chi connectivity index (χ0) is 18.0. The molecule has 1 heterocycles. The van der Waals surface area contributed by atoms with Crippen LogP contribution in [0.5, 0.6) is 0 Å². The molecule has 0 aromatic heterocycles. The molecule has 1 fully saturated rings. The standard InChI is InChI=1S/C18H37N5O/c1-15-8-12-23(13-9-15)11-7-6-10-20-17(19-5)21-14-16(24)22-18(2,3)4/h15H,6-14H2,1-5H3,(H,22,24)(H2,19,20,21). The van der Waals surface area contributed by atoms with Gasteiger partial charge in [0.05, 0.1) is 6.54 Å². The van der Waals surface area contributed by atoms with Gasteiger partial charge < -0.3 is 20.9 Å². The van der Waals surface area contributed by atoms with E-state index >= 15 is 0 Å². The molecule has 6 heteroatoms. The minimum Gasteiger partial charge on any atom is -0.356 e. The molecule has 0 spiro atoms. The van der Waals surface area contributed by atoms with Crippen molar-refractivity contribution in [1.82, 2.24) is 20.9 Å². The summed E-state index contributed by atoms with van der Waals surface area (Å²) < 4.78 is 0. The van der Waals surface area contributed by atoms with E-state index in [2.05, 4.69) is 32.8 Å². The van der Waals surface area contributed by atoms with Crippen LogP contribution in [0.25, 0.3) is 0 Å². The average molecular weight is 340 g/mol. The van der Waals surface area contributed by atoms with Crippen molar-refractivity contribution in [1.29, 1.82) is 0 Å². The molecule has 0 unspecified atom stereocenters. The molecule has 1 amide bonds. The van der Waals surface area contributed by atoms with Crippen LogP contribution in [-0.2, 0) is 4.79 Å². The molecule has 1 saturated heterocycles. The molecule has 0 bridgehead atoms. The minimum atomic E-state index is -0.206. The van der Waals surface area contributed by atoms with E-state index in [1.54, 1.807) is 7.05 Å². The normalized spacial score (nSPS) is 17.6. The molecule has 0 aliphatic carbocycles. The molecule has 0 aromatic carbocycles. The van der Waals surface area contributed by atoms with Crippen LogP contribution in [0.3, 0.4) is 0 Å². The van der Waals surface area contributed by atoms with Crippen LogP contribution in [0.15, 0.2) is 4.99 Å². The minimum absolute atomic E-state index is 0.0234. The Kier molecular flexibility index (Phi) is 9.11. The Morgan fingerprint density at radius 3 is 2.42 bits per heavy atom. The number of aliphatic imine (C=N–C) groups is 1. The molecular weight excluding hydrogens is 302 g/mol. The van der Waals surface area contributed by atoms with E-state index < -0.39 is 0 Å². The van der Waals surface area contributed by atoms with E-state index in [0.717, 1.165) is 18.9 Å². The number of rotatable bonds is 7. The number of hydrogen-bond donors (Lipinski definition) is 3. The number of amides is 1. The monoisotopic (exact) mass is 339 g/mol. The zero-order valence-corrected chi connectivity index (χ0v) is 16.2. The first-order valence-corrected chi connectivity index (χ1v) is 9.28. The summed E-state index contributed by atoms with van der Waals surface area (Å²) in [6.07, 6.45) is 4.99. The highest BCUT2D eigenvalue weighted by Gasteiger charge is 2.15. The van der Waals surface area contributed by atoms with Crippen molar-refractivity contribution < 1.29 is 4.79 Å². The van der Waals surface area contributed by atoms with E-state index in [1.807, 2.05) is 20.8 Å². The van der Waals surface area contributed by atoms with Crippen LogP contribution in [0, 0.1) is 5.92 Å². The predicted molar refractivity (Wildman–Crippen MR) is 101 cm³/mol. The summed E-state index contributed by atoms with van der Waals surface area (Å²) in [5.41, 5.74) is -0.206. The second-order valence-corrected chi connectivity index (χ2v) is 7.88. The maximum Gasteiger partial charge on any atom is 0.239 e. The largest absolute Gasteiger partial charge is 0.356 e. The third-order valence-electron chi connectivity index (χ3n) is 4.22. The maximum absolute atomic E-state index is 11.8. The zero-order valence-electron chi connectivity index (χ0n) is 16.2. The molecule has 0 aromatic rings. The quantitative estimate of drug-likeness (QED) is 0.374. The van der Waals surface area contributed by atoms with Crippen molar-refractivity contribution in [3.8, 4) is 0 Å². The van der Waals surface area contributed by atoms with Gasteiger partial charge in [-0.15, -0.1) is 0 Å². The Morgan fingerprint density at radius 2 is 1.83 bits per heavy atom. The summed E-state index contributed by atoms with van der Waals surface area (Å²) >= 11 is 0. The van der Waals surface area contributed by atoms with Crippen LogP contribution >= 0.6 is 0 Å². The molecule has 1 rings (SSSR count). The van der Waals surface area contributed by atoms with Crippen molar-refractivity contribution in [3.05, 3.63) is 0 Å². The molecule has 0 atom stereocenters. The highest BCUT2D eigenvalue weighted by atomic mass is 16.2. The van der Waals surface area contributed by atoms with Gasteiger partial charge in [-0.2, -0.15) is 0 Å². The Bertz CT molecular complexity index is 395. The summed E-state index contributed by atoms with van der Waals surface area (Å²) in [6, 6.07) is 0. The number of guanidine groups is 1. The highest BCUT2D eigenvalue weighted by Crippen LogP contribution is 2.15. The maximum atomic E-state index is 11.8. The van der Waals surface area contributed by atoms with E-state index in [-0.39, 0.29) is 18.0 Å². The lowest BCUT2D eigenvalue weighted by atomic mass is 9.99. The van der Waals surface area contributed by atoms with Crippen molar-refractivity contribution >= 4 is 11.9 Å². The molecule has 1 aliphatic rings. The molecule has 3 N–H and O–H groups in total. The van der Waals surface area contributed by atoms with Gasteiger partial charge in [0.2, 0.25) is 5.91 Å². The van der Waals surface area contributed by atoms with E-state index in [1.165, 1.54) is 38.9 Å². The van der Waals surface area contributed by atoms with Crippen LogP contribution in [0.2, 0.25) is 0 Å². The summed E-state index contributed by atoms with van der Waals surface area (Å²) in [7, 11) is 1.73. The first-order chi connectivity index (χ1) is 11.3. The number of nitrogens with one attached hydrogen (secondary N) is 3. The number of hydrogen-bond acceptors (Lipinski definition) is 3. The molecule has 140 valence electrons. The van der Waals surface area contributed by atoms with Gasteiger partial charge in [0, 0.05) is 19.1 Å². The van der Waals surface area contributed by atoms with Gasteiger partial charge >= 0.3 is 0 Å². The molecule has 0 saturated carbocycles. The summed E-state index contributed by atoms with van der Waals surface area (Å²) in [5.74, 6) is 1.56. The van der Waals surface area contributed by atoms with Gasteiger partial charge in [-0.25, -0.2) is 0 Å².